The zero-order valence-corrected chi connectivity index (χ0v) is 13.2. The van der Waals surface area contributed by atoms with E-state index in [1.165, 1.54) is 0 Å². The molecule has 1 atom stereocenters. The molecule has 0 bridgehead atoms. The zero-order chi connectivity index (χ0) is 15.4. The van der Waals surface area contributed by atoms with Crippen molar-refractivity contribution in [3.63, 3.8) is 0 Å². The SMILES string of the molecule is CCOC(=O)[C@H]1CCCN(C(=O)c2cccc(C)c2Cl)C1. The minimum Gasteiger partial charge on any atom is -0.466 e. The summed E-state index contributed by atoms with van der Waals surface area (Å²) in [5, 5.41) is 0.487. The first-order valence-corrected chi connectivity index (χ1v) is 7.63. The number of carbonyl (C=O) groups is 2. The van der Waals surface area contributed by atoms with E-state index in [0.717, 1.165) is 18.4 Å². The fraction of sp³-hybridized carbons (Fsp3) is 0.500. The molecule has 0 aromatic heterocycles. The molecule has 2 rings (SSSR count). The van der Waals surface area contributed by atoms with Crippen LogP contribution in [0.5, 0.6) is 0 Å². The molecule has 1 fully saturated rings. The highest BCUT2D eigenvalue weighted by Crippen LogP contribution is 2.25. The maximum absolute atomic E-state index is 12.6. The Balaban J connectivity index is 2.12. The maximum atomic E-state index is 12.6. The molecule has 4 nitrogen and oxygen atoms in total. The van der Waals surface area contributed by atoms with Gasteiger partial charge in [-0.3, -0.25) is 9.59 Å². The number of ether oxygens (including phenoxy) is 1. The van der Waals surface area contributed by atoms with Crippen molar-refractivity contribution in [1.82, 2.24) is 4.90 Å². The Morgan fingerprint density at radius 1 is 1.43 bits per heavy atom. The third kappa shape index (κ3) is 3.56. The summed E-state index contributed by atoms with van der Waals surface area (Å²) in [4.78, 5) is 26.1. The van der Waals surface area contributed by atoms with Gasteiger partial charge in [0.2, 0.25) is 0 Å². The van der Waals surface area contributed by atoms with E-state index in [4.69, 9.17) is 16.3 Å². The molecular weight excluding hydrogens is 290 g/mol. The van der Waals surface area contributed by atoms with E-state index in [-0.39, 0.29) is 17.8 Å². The quantitative estimate of drug-likeness (QED) is 0.806. The zero-order valence-electron chi connectivity index (χ0n) is 12.4. The topological polar surface area (TPSA) is 46.6 Å². The summed E-state index contributed by atoms with van der Waals surface area (Å²) in [5.74, 6) is -0.561. The number of aryl methyl sites for hydroxylation is 1. The number of benzene rings is 1. The van der Waals surface area contributed by atoms with Gasteiger partial charge in [0.1, 0.15) is 0 Å². The van der Waals surface area contributed by atoms with Crippen molar-refractivity contribution in [3.05, 3.63) is 34.3 Å². The van der Waals surface area contributed by atoms with Crippen LogP contribution in [-0.4, -0.2) is 36.5 Å². The van der Waals surface area contributed by atoms with E-state index in [1.807, 2.05) is 19.1 Å². The Morgan fingerprint density at radius 2 is 2.19 bits per heavy atom. The van der Waals surface area contributed by atoms with E-state index >= 15 is 0 Å². The molecule has 1 aliphatic heterocycles. The lowest BCUT2D eigenvalue weighted by Crippen LogP contribution is -2.42. The van der Waals surface area contributed by atoms with Gasteiger partial charge >= 0.3 is 5.97 Å². The van der Waals surface area contributed by atoms with Gasteiger partial charge in [0.05, 0.1) is 23.1 Å². The Hall–Kier alpha value is -1.55. The molecule has 1 saturated heterocycles. The van der Waals surface area contributed by atoms with Crippen LogP contribution in [0.2, 0.25) is 5.02 Å². The van der Waals surface area contributed by atoms with Gasteiger partial charge in [-0.25, -0.2) is 0 Å². The van der Waals surface area contributed by atoms with Gasteiger partial charge in [-0.1, -0.05) is 23.7 Å². The van der Waals surface area contributed by atoms with Crippen LogP contribution in [0.3, 0.4) is 0 Å². The summed E-state index contributed by atoms with van der Waals surface area (Å²) in [6.45, 7) is 5.08. The van der Waals surface area contributed by atoms with Crippen molar-refractivity contribution in [2.24, 2.45) is 5.92 Å². The lowest BCUT2D eigenvalue weighted by atomic mass is 9.97. The van der Waals surface area contributed by atoms with Gasteiger partial charge < -0.3 is 9.64 Å². The molecule has 0 aliphatic carbocycles. The minimum atomic E-state index is -0.230. The standard InChI is InChI=1S/C16H20ClNO3/c1-3-21-16(20)12-7-5-9-18(10-12)15(19)13-8-4-6-11(2)14(13)17/h4,6,8,12H,3,5,7,9-10H2,1-2H3/t12-/m0/s1. The summed E-state index contributed by atoms with van der Waals surface area (Å²) in [7, 11) is 0. The van der Waals surface area contributed by atoms with Crippen LogP contribution in [0.25, 0.3) is 0 Å². The van der Waals surface area contributed by atoms with Crippen LogP contribution >= 0.6 is 11.6 Å². The second-order valence-electron chi connectivity index (χ2n) is 5.28. The fourth-order valence-electron chi connectivity index (χ4n) is 2.60. The summed E-state index contributed by atoms with van der Waals surface area (Å²) < 4.78 is 5.06. The predicted octanol–water partition coefficient (Wildman–Crippen LogP) is 3.06. The van der Waals surface area contributed by atoms with Crippen molar-refractivity contribution in [2.75, 3.05) is 19.7 Å². The minimum absolute atomic E-state index is 0.113. The van der Waals surface area contributed by atoms with Crippen LogP contribution in [0.1, 0.15) is 35.7 Å². The highest BCUT2D eigenvalue weighted by atomic mass is 35.5. The first kappa shape index (κ1) is 15.8. The molecule has 21 heavy (non-hydrogen) atoms. The summed E-state index contributed by atoms with van der Waals surface area (Å²) in [5.41, 5.74) is 1.38. The molecule has 1 amide bonds. The first-order chi connectivity index (χ1) is 10.0. The molecule has 1 heterocycles. The van der Waals surface area contributed by atoms with Crippen LogP contribution in [0.4, 0.5) is 0 Å². The van der Waals surface area contributed by atoms with E-state index in [0.29, 0.717) is 30.3 Å². The highest BCUT2D eigenvalue weighted by molar-refractivity contribution is 6.34. The average Bonchev–Trinajstić information content (AvgIpc) is 2.50. The van der Waals surface area contributed by atoms with Gasteiger partial charge in [0, 0.05) is 13.1 Å². The summed E-state index contributed by atoms with van der Waals surface area (Å²) in [6, 6.07) is 5.42. The molecule has 0 spiro atoms. The molecule has 0 saturated carbocycles. The van der Waals surface area contributed by atoms with Gasteiger partial charge in [-0.15, -0.1) is 0 Å². The van der Waals surface area contributed by atoms with Crippen LogP contribution in [-0.2, 0) is 9.53 Å². The molecule has 0 unspecified atom stereocenters. The van der Waals surface area contributed by atoms with Crippen molar-refractivity contribution in [1.29, 1.82) is 0 Å². The molecule has 1 aromatic rings. The second kappa shape index (κ2) is 6.94. The maximum Gasteiger partial charge on any atom is 0.310 e. The van der Waals surface area contributed by atoms with E-state index < -0.39 is 0 Å². The number of rotatable bonds is 3. The molecule has 114 valence electrons. The first-order valence-electron chi connectivity index (χ1n) is 7.25. The third-order valence-electron chi connectivity index (χ3n) is 3.75. The van der Waals surface area contributed by atoms with E-state index in [2.05, 4.69) is 0 Å². The van der Waals surface area contributed by atoms with Gasteiger partial charge in [-0.05, 0) is 38.3 Å². The number of carbonyl (C=O) groups excluding carboxylic acids is 2. The number of hydrogen-bond acceptors (Lipinski definition) is 3. The second-order valence-corrected chi connectivity index (χ2v) is 5.66. The number of hydrogen-bond donors (Lipinski definition) is 0. The van der Waals surface area contributed by atoms with Gasteiger partial charge in [0.25, 0.3) is 5.91 Å². The van der Waals surface area contributed by atoms with E-state index in [9.17, 15) is 9.59 Å². The van der Waals surface area contributed by atoms with Gasteiger partial charge in [0.15, 0.2) is 0 Å². The molecule has 1 aliphatic rings. The molecule has 5 heteroatoms. The van der Waals surface area contributed by atoms with Crippen LogP contribution < -0.4 is 0 Å². The lowest BCUT2D eigenvalue weighted by molar-refractivity contribution is -0.149. The summed E-state index contributed by atoms with van der Waals surface area (Å²) in [6.07, 6.45) is 1.57. The number of halogens is 1. The Morgan fingerprint density at radius 3 is 2.90 bits per heavy atom. The summed E-state index contributed by atoms with van der Waals surface area (Å²) >= 11 is 6.22. The average molecular weight is 310 g/mol. The Labute approximate surface area is 130 Å². The smallest absolute Gasteiger partial charge is 0.310 e. The van der Waals surface area contributed by atoms with Gasteiger partial charge in [-0.2, -0.15) is 0 Å². The number of nitrogens with zero attached hydrogens (tertiary/aromatic N) is 1. The van der Waals surface area contributed by atoms with E-state index in [1.54, 1.807) is 17.9 Å². The molecule has 1 aromatic carbocycles. The van der Waals surface area contributed by atoms with Crippen molar-refractivity contribution in [2.45, 2.75) is 26.7 Å². The molecular formula is C16H20ClNO3. The predicted molar refractivity (Wildman–Crippen MR) is 81.4 cm³/mol. The van der Waals surface area contributed by atoms with Crippen molar-refractivity contribution in [3.8, 4) is 0 Å². The van der Waals surface area contributed by atoms with Crippen LogP contribution in [0, 0.1) is 12.8 Å². The monoisotopic (exact) mass is 309 g/mol. The Bertz CT molecular complexity index is 544. The number of esters is 1. The fourth-order valence-corrected chi connectivity index (χ4v) is 2.80. The number of amides is 1. The normalized spacial score (nSPS) is 18.4. The Kier molecular flexibility index (Phi) is 5.23. The third-order valence-corrected chi connectivity index (χ3v) is 4.25. The largest absolute Gasteiger partial charge is 0.466 e. The highest BCUT2D eigenvalue weighted by Gasteiger charge is 2.30. The van der Waals surface area contributed by atoms with Crippen molar-refractivity contribution >= 4 is 23.5 Å². The molecule has 0 radical (unpaired) electrons. The van der Waals surface area contributed by atoms with Crippen molar-refractivity contribution < 1.29 is 14.3 Å². The lowest BCUT2D eigenvalue weighted by Gasteiger charge is -2.31. The van der Waals surface area contributed by atoms with Crippen LogP contribution in [0.15, 0.2) is 18.2 Å². The molecule has 0 N–H and O–H groups in total. The number of piperidine rings is 1. The number of likely N-dealkylation sites (tertiary alicyclic amines) is 1.